The fourth-order valence-electron chi connectivity index (χ4n) is 3.32. The van der Waals surface area contributed by atoms with E-state index in [1.165, 1.54) is 21.2 Å². The molecule has 142 valence electrons. The Bertz CT molecular complexity index is 894. The molecule has 0 saturated carbocycles. The molecule has 3 nitrogen and oxygen atoms in total. The van der Waals surface area contributed by atoms with Gasteiger partial charge in [0.2, 0.25) is 0 Å². The lowest BCUT2D eigenvalue weighted by molar-refractivity contribution is 0.0952. The third-order valence-corrected chi connectivity index (χ3v) is 6.23. The molecule has 0 spiro atoms. The lowest BCUT2D eigenvalue weighted by atomic mass is 10.0. The van der Waals surface area contributed by atoms with Gasteiger partial charge in [-0.3, -0.25) is 4.79 Å². The molecule has 0 radical (unpaired) electrons. The standard InChI is InChI=1S/C23H28N2OS/c1-4-25(5-2)15-14-24-23(26)22-20(16-18-12-10-17(3)11-13-18)19-8-6-7-9-21(19)27-22/h6-13H,4-5,14-16H2,1-3H3,(H,24,26). The van der Waals surface area contributed by atoms with Crippen molar-refractivity contribution in [3.8, 4) is 0 Å². The molecular weight excluding hydrogens is 352 g/mol. The maximum Gasteiger partial charge on any atom is 0.261 e. The molecule has 4 heteroatoms. The third-order valence-electron chi connectivity index (χ3n) is 5.01. The van der Waals surface area contributed by atoms with Crippen LogP contribution >= 0.6 is 11.3 Å². The SMILES string of the molecule is CCN(CC)CCNC(=O)c1sc2ccccc2c1Cc1ccc(C)cc1. The van der Waals surface area contributed by atoms with E-state index in [1.807, 2.05) is 6.07 Å². The Labute approximate surface area is 166 Å². The minimum absolute atomic E-state index is 0.0467. The number of nitrogens with one attached hydrogen (secondary N) is 1. The zero-order valence-electron chi connectivity index (χ0n) is 16.4. The van der Waals surface area contributed by atoms with Crippen LogP contribution in [0.1, 0.15) is 40.2 Å². The highest BCUT2D eigenvalue weighted by Crippen LogP contribution is 2.33. The van der Waals surface area contributed by atoms with Crippen LogP contribution in [0.2, 0.25) is 0 Å². The quantitative estimate of drug-likeness (QED) is 0.604. The first-order valence-corrected chi connectivity index (χ1v) is 10.5. The van der Waals surface area contributed by atoms with Crippen molar-refractivity contribution in [1.29, 1.82) is 0 Å². The topological polar surface area (TPSA) is 32.3 Å². The summed E-state index contributed by atoms with van der Waals surface area (Å²) >= 11 is 1.60. The molecule has 1 N–H and O–H groups in total. The number of likely N-dealkylation sites (N-methyl/N-ethyl adjacent to an activating group) is 1. The fourth-order valence-corrected chi connectivity index (χ4v) is 4.45. The van der Waals surface area contributed by atoms with E-state index in [-0.39, 0.29) is 5.91 Å². The summed E-state index contributed by atoms with van der Waals surface area (Å²) in [6, 6.07) is 16.9. The Balaban J connectivity index is 1.83. The second-order valence-electron chi connectivity index (χ2n) is 6.85. The summed E-state index contributed by atoms with van der Waals surface area (Å²) in [5, 5.41) is 4.32. The van der Waals surface area contributed by atoms with Gasteiger partial charge in [0, 0.05) is 17.8 Å². The van der Waals surface area contributed by atoms with E-state index < -0.39 is 0 Å². The van der Waals surface area contributed by atoms with Crippen molar-refractivity contribution >= 4 is 27.3 Å². The molecule has 0 aliphatic heterocycles. The monoisotopic (exact) mass is 380 g/mol. The largest absolute Gasteiger partial charge is 0.350 e. The summed E-state index contributed by atoms with van der Waals surface area (Å²) in [6.07, 6.45) is 0.781. The minimum Gasteiger partial charge on any atom is -0.350 e. The molecule has 0 bridgehead atoms. The zero-order valence-corrected chi connectivity index (χ0v) is 17.2. The molecule has 0 aliphatic carbocycles. The molecule has 0 saturated heterocycles. The molecule has 2 aromatic carbocycles. The predicted octanol–water partition coefficient (Wildman–Crippen LogP) is 4.87. The third kappa shape index (κ3) is 4.76. The molecule has 3 aromatic rings. The van der Waals surface area contributed by atoms with Crippen LogP contribution in [0, 0.1) is 6.92 Å². The number of carbonyl (C=O) groups is 1. The number of aryl methyl sites for hydroxylation is 1. The number of carbonyl (C=O) groups excluding carboxylic acids is 1. The molecule has 0 fully saturated rings. The molecule has 1 heterocycles. The number of thiophene rings is 1. The van der Waals surface area contributed by atoms with Gasteiger partial charge >= 0.3 is 0 Å². The van der Waals surface area contributed by atoms with Gasteiger partial charge in [-0.15, -0.1) is 11.3 Å². The normalized spacial score (nSPS) is 11.3. The van der Waals surface area contributed by atoms with Crippen LogP contribution in [0.5, 0.6) is 0 Å². The maximum absolute atomic E-state index is 12.9. The second kappa shape index (κ2) is 9.16. The van der Waals surface area contributed by atoms with Crippen molar-refractivity contribution < 1.29 is 4.79 Å². The average molecular weight is 381 g/mol. The Morgan fingerprint density at radius 3 is 2.44 bits per heavy atom. The molecule has 3 rings (SSSR count). The van der Waals surface area contributed by atoms with E-state index in [9.17, 15) is 4.79 Å². The summed E-state index contributed by atoms with van der Waals surface area (Å²) in [4.78, 5) is 16.1. The Morgan fingerprint density at radius 2 is 1.74 bits per heavy atom. The summed E-state index contributed by atoms with van der Waals surface area (Å²) in [5.41, 5.74) is 3.63. The number of hydrogen-bond acceptors (Lipinski definition) is 3. The number of benzene rings is 2. The molecule has 1 amide bonds. The molecule has 27 heavy (non-hydrogen) atoms. The molecule has 0 unspecified atom stereocenters. The summed E-state index contributed by atoms with van der Waals surface area (Å²) in [5.74, 6) is 0.0467. The average Bonchev–Trinajstić information content (AvgIpc) is 3.05. The van der Waals surface area contributed by atoms with Crippen molar-refractivity contribution in [3.63, 3.8) is 0 Å². The van der Waals surface area contributed by atoms with Crippen molar-refractivity contribution in [2.75, 3.05) is 26.2 Å². The Hall–Kier alpha value is -2.17. The number of hydrogen-bond donors (Lipinski definition) is 1. The first-order valence-electron chi connectivity index (χ1n) is 9.68. The van der Waals surface area contributed by atoms with Gasteiger partial charge in [0.25, 0.3) is 5.91 Å². The molecule has 1 aromatic heterocycles. The van der Waals surface area contributed by atoms with Gasteiger partial charge in [-0.2, -0.15) is 0 Å². The van der Waals surface area contributed by atoms with Gasteiger partial charge in [0.15, 0.2) is 0 Å². The molecular formula is C23H28N2OS. The number of fused-ring (bicyclic) bond motifs is 1. The minimum atomic E-state index is 0.0467. The number of rotatable bonds is 8. The van der Waals surface area contributed by atoms with Crippen LogP contribution in [-0.2, 0) is 6.42 Å². The summed E-state index contributed by atoms with van der Waals surface area (Å²) in [6.45, 7) is 9.98. The van der Waals surface area contributed by atoms with Crippen LogP contribution in [0.4, 0.5) is 0 Å². The van der Waals surface area contributed by atoms with Gasteiger partial charge in [-0.25, -0.2) is 0 Å². The lowest BCUT2D eigenvalue weighted by Gasteiger charge is -2.18. The van der Waals surface area contributed by atoms with E-state index in [4.69, 9.17) is 0 Å². The highest BCUT2D eigenvalue weighted by Gasteiger charge is 2.18. The number of amides is 1. The van der Waals surface area contributed by atoms with Crippen molar-refractivity contribution in [3.05, 3.63) is 70.1 Å². The van der Waals surface area contributed by atoms with Crippen molar-refractivity contribution in [2.45, 2.75) is 27.2 Å². The van der Waals surface area contributed by atoms with Crippen molar-refractivity contribution in [2.24, 2.45) is 0 Å². The first-order chi connectivity index (χ1) is 13.1. The Kier molecular flexibility index (Phi) is 6.64. The van der Waals surface area contributed by atoms with E-state index in [2.05, 4.69) is 73.5 Å². The predicted molar refractivity (Wildman–Crippen MR) is 116 cm³/mol. The Morgan fingerprint density at radius 1 is 1.04 bits per heavy atom. The van der Waals surface area contributed by atoms with Crippen LogP contribution in [0.3, 0.4) is 0 Å². The first kappa shape index (κ1) is 19.6. The van der Waals surface area contributed by atoms with Crippen LogP contribution in [-0.4, -0.2) is 37.0 Å². The maximum atomic E-state index is 12.9. The van der Waals surface area contributed by atoms with Gasteiger partial charge < -0.3 is 10.2 Å². The van der Waals surface area contributed by atoms with Crippen LogP contribution in [0.15, 0.2) is 48.5 Å². The van der Waals surface area contributed by atoms with Gasteiger partial charge in [-0.05, 0) is 49.0 Å². The second-order valence-corrected chi connectivity index (χ2v) is 7.90. The smallest absolute Gasteiger partial charge is 0.261 e. The highest BCUT2D eigenvalue weighted by atomic mass is 32.1. The zero-order chi connectivity index (χ0) is 19.2. The van der Waals surface area contributed by atoms with Crippen LogP contribution in [0.25, 0.3) is 10.1 Å². The summed E-state index contributed by atoms with van der Waals surface area (Å²) < 4.78 is 1.17. The van der Waals surface area contributed by atoms with Gasteiger partial charge in [-0.1, -0.05) is 61.9 Å². The van der Waals surface area contributed by atoms with E-state index in [0.29, 0.717) is 6.54 Å². The summed E-state index contributed by atoms with van der Waals surface area (Å²) in [7, 11) is 0. The molecule has 0 aliphatic rings. The van der Waals surface area contributed by atoms with Gasteiger partial charge in [0.1, 0.15) is 0 Å². The van der Waals surface area contributed by atoms with Crippen LogP contribution < -0.4 is 5.32 Å². The molecule has 0 atom stereocenters. The lowest BCUT2D eigenvalue weighted by Crippen LogP contribution is -2.34. The van der Waals surface area contributed by atoms with E-state index in [1.54, 1.807) is 11.3 Å². The fraction of sp³-hybridized carbons (Fsp3) is 0.348. The highest BCUT2D eigenvalue weighted by molar-refractivity contribution is 7.21. The number of nitrogens with zero attached hydrogens (tertiary/aromatic N) is 1. The van der Waals surface area contributed by atoms with Crippen molar-refractivity contribution in [1.82, 2.24) is 10.2 Å². The van der Waals surface area contributed by atoms with E-state index in [0.717, 1.165) is 36.5 Å². The van der Waals surface area contributed by atoms with E-state index >= 15 is 0 Å². The van der Waals surface area contributed by atoms with Gasteiger partial charge in [0.05, 0.1) is 4.88 Å².